The molecule has 1 fully saturated rings. The fourth-order valence-corrected chi connectivity index (χ4v) is 3.29. The molecule has 3 rings (SSSR count). The molecule has 1 aliphatic carbocycles. The molecule has 0 N–H and O–H groups in total. The Labute approximate surface area is 125 Å². The van der Waals surface area contributed by atoms with Crippen molar-refractivity contribution in [1.29, 1.82) is 0 Å². The lowest BCUT2D eigenvalue weighted by atomic mass is 9.79. The third-order valence-corrected chi connectivity index (χ3v) is 4.53. The van der Waals surface area contributed by atoms with Crippen LogP contribution in [-0.4, -0.2) is 16.4 Å². The quantitative estimate of drug-likeness (QED) is 0.730. The third-order valence-electron chi connectivity index (χ3n) is 4.25. The Morgan fingerprint density at radius 3 is 2.19 bits per heavy atom. The molecule has 0 radical (unpaired) electrons. The zero-order valence-electron chi connectivity index (χ0n) is 11.2. The summed E-state index contributed by atoms with van der Waals surface area (Å²) in [4.78, 5) is 0. The number of benzene rings is 1. The molecule has 112 valence electrons. The van der Waals surface area contributed by atoms with Gasteiger partial charge in [0.05, 0.1) is 11.6 Å². The van der Waals surface area contributed by atoms with Gasteiger partial charge in [0.15, 0.2) is 5.15 Å². The van der Waals surface area contributed by atoms with Crippen LogP contribution in [0, 0.1) is 5.92 Å². The van der Waals surface area contributed by atoms with Crippen LogP contribution in [-0.2, 0) is 0 Å². The fourth-order valence-electron chi connectivity index (χ4n) is 3.09. The summed E-state index contributed by atoms with van der Waals surface area (Å²) in [5.41, 5.74) is 0.774. The molecule has 1 saturated carbocycles. The summed E-state index contributed by atoms with van der Waals surface area (Å²) in [5.74, 6) is -1.15. The lowest BCUT2D eigenvalue weighted by molar-refractivity contribution is -0.182. The Morgan fingerprint density at radius 1 is 0.952 bits per heavy atom. The first-order valence-electron chi connectivity index (χ1n) is 6.94. The Balaban J connectivity index is 1.88. The van der Waals surface area contributed by atoms with Gasteiger partial charge in [-0.3, -0.25) is 0 Å². The molecule has 2 aromatic rings. The highest BCUT2D eigenvalue weighted by Gasteiger charge is 2.42. The lowest BCUT2D eigenvalue weighted by Gasteiger charge is -2.29. The number of nitrogens with zero attached hydrogens (tertiary/aromatic N) is 2. The second-order valence-corrected chi connectivity index (χ2v) is 5.87. The average molecular weight is 315 g/mol. The number of aromatic nitrogens is 2. The summed E-state index contributed by atoms with van der Waals surface area (Å²) in [6.45, 7) is 0. The molecule has 0 aliphatic heterocycles. The minimum absolute atomic E-state index is 0.0262. The van der Waals surface area contributed by atoms with E-state index in [1.54, 1.807) is 0 Å². The maximum absolute atomic E-state index is 12.7. The molecule has 1 aromatic carbocycles. The first kappa shape index (κ1) is 14.6. The second-order valence-electron chi connectivity index (χ2n) is 5.51. The molecule has 2 nitrogen and oxygen atoms in total. The molecule has 1 aliphatic rings. The Kier molecular flexibility index (Phi) is 3.78. The van der Waals surface area contributed by atoms with Crippen molar-refractivity contribution in [2.24, 2.45) is 5.92 Å². The topological polar surface area (TPSA) is 25.8 Å². The maximum atomic E-state index is 12.7. The molecule has 1 aromatic heterocycles. The summed E-state index contributed by atoms with van der Waals surface area (Å²) in [6, 6.07) is 7.50. The van der Waals surface area contributed by atoms with Crippen molar-refractivity contribution in [2.45, 2.75) is 37.8 Å². The molecular weight excluding hydrogens is 301 g/mol. The van der Waals surface area contributed by atoms with E-state index in [0.717, 1.165) is 16.5 Å². The monoisotopic (exact) mass is 314 g/mol. The molecule has 0 amide bonds. The molecule has 1 heterocycles. The van der Waals surface area contributed by atoms with Crippen LogP contribution in [0.4, 0.5) is 13.2 Å². The van der Waals surface area contributed by atoms with Crippen molar-refractivity contribution in [3.05, 3.63) is 35.1 Å². The van der Waals surface area contributed by atoms with E-state index in [2.05, 4.69) is 10.2 Å². The number of hydrogen-bond acceptors (Lipinski definition) is 2. The van der Waals surface area contributed by atoms with E-state index in [1.165, 1.54) is 0 Å². The fraction of sp³-hybridized carbons (Fsp3) is 0.467. The maximum Gasteiger partial charge on any atom is 0.391 e. The Morgan fingerprint density at radius 2 is 1.57 bits per heavy atom. The molecule has 0 unspecified atom stereocenters. The predicted molar refractivity (Wildman–Crippen MR) is 75.3 cm³/mol. The van der Waals surface area contributed by atoms with Gasteiger partial charge in [0, 0.05) is 16.7 Å². The lowest BCUT2D eigenvalue weighted by Crippen LogP contribution is -2.27. The highest BCUT2D eigenvalue weighted by molar-refractivity contribution is 6.34. The first-order chi connectivity index (χ1) is 9.97. The van der Waals surface area contributed by atoms with Gasteiger partial charge in [-0.05, 0) is 25.7 Å². The summed E-state index contributed by atoms with van der Waals surface area (Å²) in [7, 11) is 0. The van der Waals surface area contributed by atoms with Crippen LogP contribution in [0.15, 0.2) is 24.3 Å². The van der Waals surface area contributed by atoms with Gasteiger partial charge < -0.3 is 0 Å². The molecule has 6 heteroatoms. The van der Waals surface area contributed by atoms with E-state index in [4.69, 9.17) is 11.6 Å². The van der Waals surface area contributed by atoms with Gasteiger partial charge in [-0.1, -0.05) is 35.9 Å². The SMILES string of the molecule is FC(F)(F)[C@H]1CC[C@H](c2nnc(Cl)c3ccccc32)CC1. The second kappa shape index (κ2) is 5.44. The summed E-state index contributed by atoms with van der Waals surface area (Å²) in [5, 5.41) is 10.1. The number of hydrogen-bond donors (Lipinski definition) is 0. The molecule has 0 spiro atoms. The number of alkyl halides is 3. The van der Waals surface area contributed by atoms with E-state index in [-0.39, 0.29) is 18.8 Å². The summed E-state index contributed by atoms with van der Waals surface area (Å²) < 4.78 is 38.2. The Bertz CT molecular complexity index is 649. The third kappa shape index (κ3) is 2.84. The van der Waals surface area contributed by atoms with Crippen molar-refractivity contribution in [2.75, 3.05) is 0 Å². The van der Waals surface area contributed by atoms with Crippen LogP contribution in [0.25, 0.3) is 10.8 Å². The van der Waals surface area contributed by atoms with Crippen molar-refractivity contribution in [3.8, 4) is 0 Å². The van der Waals surface area contributed by atoms with Crippen molar-refractivity contribution < 1.29 is 13.2 Å². The van der Waals surface area contributed by atoms with Crippen LogP contribution in [0.2, 0.25) is 5.15 Å². The largest absolute Gasteiger partial charge is 0.391 e. The van der Waals surface area contributed by atoms with Crippen LogP contribution >= 0.6 is 11.6 Å². The minimum Gasteiger partial charge on any atom is -0.171 e. The smallest absolute Gasteiger partial charge is 0.171 e. The molecule has 0 atom stereocenters. The highest BCUT2D eigenvalue weighted by Crippen LogP contribution is 2.43. The minimum atomic E-state index is -4.08. The first-order valence-corrected chi connectivity index (χ1v) is 7.32. The van der Waals surface area contributed by atoms with E-state index in [0.29, 0.717) is 18.0 Å². The number of halogens is 4. The van der Waals surface area contributed by atoms with Crippen LogP contribution in [0.1, 0.15) is 37.3 Å². The van der Waals surface area contributed by atoms with Crippen LogP contribution < -0.4 is 0 Å². The van der Waals surface area contributed by atoms with Crippen LogP contribution in [0.3, 0.4) is 0 Å². The van der Waals surface area contributed by atoms with Gasteiger partial charge in [0.2, 0.25) is 0 Å². The summed E-state index contributed by atoms with van der Waals surface area (Å²) in [6.07, 6.45) is -2.78. The summed E-state index contributed by atoms with van der Waals surface area (Å²) >= 11 is 6.03. The van der Waals surface area contributed by atoms with E-state index >= 15 is 0 Å². The zero-order valence-corrected chi connectivity index (χ0v) is 12.0. The van der Waals surface area contributed by atoms with Gasteiger partial charge in [-0.2, -0.15) is 18.3 Å². The molecule has 21 heavy (non-hydrogen) atoms. The molecular formula is C15H14ClF3N2. The number of rotatable bonds is 1. The highest BCUT2D eigenvalue weighted by atomic mass is 35.5. The molecule has 0 bridgehead atoms. The predicted octanol–water partition coefficient (Wildman–Crippen LogP) is 5.12. The normalized spacial score (nSPS) is 23.4. The zero-order chi connectivity index (χ0) is 15.0. The average Bonchev–Trinajstić information content (AvgIpc) is 2.47. The van der Waals surface area contributed by atoms with E-state index < -0.39 is 12.1 Å². The van der Waals surface area contributed by atoms with Gasteiger partial charge in [-0.15, -0.1) is 5.10 Å². The van der Waals surface area contributed by atoms with Gasteiger partial charge in [-0.25, -0.2) is 0 Å². The van der Waals surface area contributed by atoms with E-state index in [9.17, 15) is 13.2 Å². The van der Waals surface area contributed by atoms with Gasteiger partial charge in [0.1, 0.15) is 0 Å². The number of fused-ring (bicyclic) bond motifs is 1. The van der Waals surface area contributed by atoms with Gasteiger partial charge in [0.25, 0.3) is 0 Å². The Hall–Kier alpha value is -1.36. The molecule has 0 saturated heterocycles. The van der Waals surface area contributed by atoms with Crippen molar-refractivity contribution in [1.82, 2.24) is 10.2 Å². The van der Waals surface area contributed by atoms with Crippen LogP contribution in [0.5, 0.6) is 0 Å². The van der Waals surface area contributed by atoms with Gasteiger partial charge >= 0.3 is 6.18 Å². The van der Waals surface area contributed by atoms with Crippen molar-refractivity contribution >= 4 is 22.4 Å². The van der Waals surface area contributed by atoms with E-state index in [1.807, 2.05) is 24.3 Å². The standard InChI is InChI=1S/C15H14ClF3N2/c16-14-12-4-2-1-3-11(12)13(20-21-14)9-5-7-10(8-6-9)15(17,18)19/h1-4,9-10H,5-8H2/t9-,10-. The van der Waals surface area contributed by atoms with Crippen molar-refractivity contribution in [3.63, 3.8) is 0 Å².